The number of benzene rings is 1. The first kappa shape index (κ1) is 16.2. The van der Waals surface area contributed by atoms with E-state index >= 15 is 0 Å². The number of aliphatic hydroxyl groups excluding tert-OH is 1. The van der Waals surface area contributed by atoms with Gasteiger partial charge in [0.25, 0.3) is 0 Å². The maximum atomic E-state index is 8.88. The first-order valence-corrected chi connectivity index (χ1v) is 7.79. The topological polar surface area (TPSA) is 83.0 Å². The average Bonchev–Trinajstić information content (AvgIpc) is 2.60. The molecule has 6 nitrogen and oxygen atoms in total. The minimum atomic E-state index is 0.0487. The second kappa shape index (κ2) is 7.72. The van der Waals surface area contributed by atoms with Crippen LogP contribution in [-0.2, 0) is 0 Å². The lowest BCUT2D eigenvalue weighted by molar-refractivity contribution is 0.311. The first-order valence-electron chi connectivity index (χ1n) is 7.41. The zero-order chi connectivity index (χ0) is 16.8. The molecule has 0 spiro atoms. The molecular formula is C17H16ClN5O. The number of anilines is 3. The van der Waals surface area contributed by atoms with Crippen LogP contribution in [0.25, 0.3) is 11.3 Å². The molecule has 0 bridgehead atoms. The van der Waals surface area contributed by atoms with Crippen LogP contribution in [0.2, 0.25) is 5.02 Å². The highest BCUT2D eigenvalue weighted by Gasteiger charge is 2.05. The highest BCUT2D eigenvalue weighted by molar-refractivity contribution is 6.30. The number of nitrogens with zero attached hydrogens (tertiary/aromatic N) is 3. The predicted octanol–water partition coefficient (Wildman–Crippen LogP) is 3.34. The second-order valence-corrected chi connectivity index (χ2v) is 5.42. The molecule has 0 saturated carbocycles. The Morgan fingerprint density at radius 1 is 1.04 bits per heavy atom. The summed E-state index contributed by atoms with van der Waals surface area (Å²) in [6.07, 6.45) is 3.39. The van der Waals surface area contributed by atoms with E-state index < -0.39 is 0 Å². The van der Waals surface area contributed by atoms with Gasteiger partial charge in [-0.3, -0.25) is 0 Å². The maximum absolute atomic E-state index is 8.88. The molecule has 1 aromatic carbocycles. The van der Waals surface area contributed by atoms with Crippen LogP contribution in [0.4, 0.5) is 17.5 Å². The molecule has 2 heterocycles. The van der Waals surface area contributed by atoms with Crippen molar-refractivity contribution in [3.8, 4) is 11.3 Å². The van der Waals surface area contributed by atoms with Gasteiger partial charge >= 0.3 is 0 Å². The molecule has 0 saturated heterocycles. The van der Waals surface area contributed by atoms with E-state index in [1.165, 1.54) is 0 Å². The lowest BCUT2D eigenvalue weighted by Gasteiger charge is -2.08. The quantitative estimate of drug-likeness (QED) is 0.638. The van der Waals surface area contributed by atoms with Crippen LogP contribution < -0.4 is 10.6 Å². The number of aliphatic hydroxyl groups is 1. The third-order valence-electron chi connectivity index (χ3n) is 3.21. The van der Waals surface area contributed by atoms with Crippen molar-refractivity contribution in [3.63, 3.8) is 0 Å². The van der Waals surface area contributed by atoms with E-state index in [1.807, 2.05) is 36.4 Å². The number of hydrogen-bond acceptors (Lipinski definition) is 6. The molecule has 0 aliphatic rings. The summed E-state index contributed by atoms with van der Waals surface area (Å²) in [4.78, 5) is 13.0. The summed E-state index contributed by atoms with van der Waals surface area (Å²) in [7, 11) is 0. The Hall–Kier alpha value is -2.70. The Morgan fingerprint density at radius 3 is 2.75 bits per heavy atom. The van der Waals surface area contributed by atoms with Gasteiger partial charge in [-0.1, -0.05) is 17.7 Å². The normalized spacial score (nSPS) is 10.4. The van der Waals surface area contributed by atoms with Crippen LogP contribution in [0, 0.1) is 0 Å². The van der Waals surface area contributed by atoms with E-state index in [1.54, 1.807) is 18.5 Å². The molecule has 0 amide bonds. The third-order valence-corrected chi connectivity index (χ3v) is 3.45. The summed E-state index contributed by atoms with van der Waals surface area (Å²) < 4.78 is 0. The van der Waals surface area contributed by atoms with Crippen LogP contribution in [0.3, 0.4) is 0 Å². The molecule has 0 aliphatic heterocycles. The summed E-state index contributed by atoms with van der Waals surface area (Å²) in [6.45, 7) is 0.495. The number of pyridine rings is 1. The van der Waals surface area contributed by atoms with E-state index in [-0.39, 0.29) is 6.61 Å². The fourth-order valence-corrected chi connectivity index (χ4v) is 2.34. The van der Waals surface area contributed by atoms with Crippen molar-refractivity contribution < 1.29 is 5.11 Å². The zero-order valence-corrected chi connectivity index (χ0v) is 13.5. The minimum absolute atomic E-state index is 0.0487. The van der Waals surface area contributed by atoms with E-state index in [0.29, 0.717) is 23.3 Å². The SMILES string of the molecule is OCCNc1cc(-c2ccnc(Nc3cccc(Cl)c3)n2)ccn1. The van der Waals surface area contributed by atoms with Crippen LogP contribution in [0.1, 0.15) is 0 Å². The number of rotatable bonds is 6. The van der Waals surface area contributed by atoms with Crippen molar-refractivity contribution in [3.05, 3.63) is 59.9 Å². The average molecular weight is 342 g/mol. The van der Waals surface area contributed by atoms with Gasteiger partial charge < -0.3 is 15.7 Å². The molecule has 3 aromatic rings. The summed E-state index contributed by atoms with van der Waals surface area (Å²) in [5.74, 6) is 1.17. The van der Waals surface area contributed by atoms with Gasteiger partial charge in [-0.15, -0.1) is 0 Å². The highest BCUT2D eigenvalue weighted by Crippen LogP contribution is 2.22. The van der Waals surface area contributed by atoms with Crippen molar-refractivity contribution in [2.24, 2.45) is 0 Å². The number of nitrogens with one attached hydrogen (secondary N) is 2. The summed E-state index contributed by atoms with van der Waals surface area (Å²) >= 11 is 5.98. The van der Waals surface area contributed by atoms with Gasteiger partial charge in [-0.25, -0.2) is 15.0 Å². The van der Waals surface area contributed by atoms with E-state index in [4.69, 9.17) is 16.7 Å². The lowest BCUT2D eigenvalue weighted by atomic mass is 10.2. The Kier molecular flexibility index (Phi) is 5.20. The van der Waals surface area contributed by atoms with Gasteiger partial charge in [0.1, 0.15) is 5.82 Å². The molecule has 0 unspecified atom stereocenters. The van der Waals surface area contributed by atoms with Crippen LogP contribution in [0.5, 0.6) is 0 Å². The minimum Gasteiger partial charge on any atom is -0.395 e. The van der Waals surface area contributed by atoms with Crippen molar-refractivity contribution in [2.75, 3.05) is 23.8 Å². The zero-order valence-electron chi connectivity index (χ0n) is 12.8. The highest BCUT2D eigenvalue weighted by atomic mass is 35.5. The lowest BCUT2D eigenvalue weighted by Crippen LogP contribution is -2.06. The maximum Gasteiger partial charge on any atom is 0.227 e. The summed E-state index contributed by atoms with van der Waals surface area (Å²) in [5, 5.41) is 15.7. The number of halogens is 1. The van der Waals surface area contributed by atoms with E-state index in [0.717, 1.165) is 16.9 Å². The Morgan fingerprint density at radius 2 is 1.92 bits per heavy atom. The Labute approximate surface area is 144 Å². The van der Waals surface area contributed by atoms with Crippen LogP contribution in [0.15, 0.2) is 54.9 Å². The van der Waals surface area contributed by atoms with Crippen molar-refractivity contribution in [1.82, 2.24) is 15.0 Å². The van der Waals surface area contributed by atoms with Gasteiger partial charge in [0, 0.05) is 35.2 Å². The molecule has 122 valence electrons. The van der Waals surface area contributed by atoms with E-state index in [2.05, 4.69) is 25.6 Å². The van der Waals surface area contributed by atoms with E-state index in [9.17, 15) is 0 Å². The molecule has 0 fully saturated rings. The van der Waals surface area contributed by atoms with Gasteiger partial charge in [-0.2, -0.15) is 0 Å². The largest absolute Gasteiger partial charge is 0.395 e. The van der Waals surface area contributed by atoms with Crippen molar-refractivity contribution in [2.45, 2.75) is 0 Å². The van der Waals surface area contributed by atoms with Gasteiger partial charge in [-0.05, 0) is 36.4 Å². The number of hydrogen-bond donors (Lipinski definition) is 3. The van der Waals surface area contributed by atoms with Crippen LogP contribution >= 0.6 is 11.6 Å². The molecular weight excluding hydrogens is 326 g/mol. The van der Waals surface area contributed by atoms with Gasteiger partial charge in [0.2, 0.25) is 5.95 Å². The second-order valence-electron chi connectivity index (χ2n) is 4.98. The van der Waals surface area contributed by atoms with Crippen molar-refractivity contribution in [1.29, 1.82) is 0 Å². The fourth-order valence-electron chi connectivity index (χ4n) is 2.15. The fraction of sp³-hybridized carbons (Fsp3) is 0.118. The molecule has 0 atom stereocenters. The first-order chi connectivity index (χ1) is 11.7. The molecule has 2 aromatic heterocycles. The Bertz CT molecular complexity index is 827. The monoisotopic (exact) mass is 341 g/mol. The van der Waals surface area contributed by atoms with Gasteiger partial charge in [0.05, 0.1) is 12.3 Å². The molecule has 3 N–H and O–H groups in total. The van der Waals surface area contributed by atoms with Crippen LogP contribution in [-0.4, -0.2) is 33.2 Å². The summed E-state index contributed by atoms with van der Waals surface area (Å²) in [5.41, 5.74) is 2.49. The smallest absolute Gasteiger partial charge is 0.227 e. The Balaban J connectivity index is 1.82. The third kappa shape index (κ3) is 4.18. The van der Waals surface area contributed by atoms with Crippen molar-refractivity contribution >= 4 is 29.1 Å². The molecule has 3 rings (SSSR count). The summed E-state index contributed by atoms with van der Waals surface area (Å²) in [6, 6.07) is 12.9. The predicted molar refractivity (Wildman–Crippen MR) is 95.6 cm³/mol. The molecule has 24 heavy (non-hydrogen) atoms. The van der Waals surface area contributed by atoms with Gasteiger partial charge in [0.15, 0.2) is 0 Å². The standard InChI is InChI=1S/C17H16ClN5O/c18-13-2-1-3-14(11-13)22-17-21-7-5-15(23-17)12-4-6-19-16(10-12)20-8-9-24/h1-7,10-11,24H,8-9H2,(H,19,20)(H,21,22,23). The number of aromatic nitrogens is 3. The molecule has 0 radical (unpaired) electrons. The molecule has 7 heteroatoms. The molecule has 0 aliphatic carbocycles.